The molecule has 4 N–H and O–H groups in total. The molecule has 2 heterocycles. The molecule has 0 aliphatic heterocycles. The summed E-state index contributed by atoms with van der Waals surface area (Å²) in [6.07, 6.45) is 0. The first-order valence-electron chi connectivity index (χ1n) is 5.52. The fourth-order valence-corrected chi connectivity index (χ4v) is 1.57. The monoisotopic (exact) mass is 248 g/mol. The summed E-state index contributed by atoms with van der Waals surface area (Å²) in [4.78, 5) is 15.0. The van der Waals surface area contributed by atoms with Crippen molar-refractivity contribution in [1.29, 1.82) is 0 Å². The maximum atomic E-state index is 4.39. The molecule has 0 unspecified atom stereocenters. The van der Waals surface area contributed by atoms with E-state index >= 15 is 0 Å². The molecule has 0 radical (unpaired) electrons. The SMILES string of the molecule is CN=Nc1nc(-c2nc(NNC)c(C)[nH]2)[nH]c1C. The first-order valence-corrected chi connectivity index (χ1v) is 5.52. The van der Waals surface area contributed by atoms with Gasteiger partial charge in [0.25, 0.3) is 0 Å². The molecule has 0 fully saturated rings. The molecule has 0 amide bonds. The Labute approximate surface area is 104 Å². The van der Waals surface area contributed by atoms with Crippen LogP contribution >= 0.6 is 0 Å². The molecule has 8 nitrogen and oxygen atoms in total. The largest absolute Gasteiger partial charge is 0.338 e. The van der Waals surface area contributed by atoms with Crippen molar-refractivity contribution in [2.45, 2.75) is 13.8 Å². The van der Waals surface area contributed by atoms with E-state index in [0.717, 1.165) is 17.2 Å². The molecule has 8 heteroatoms. The lowest BCUT2D eigenvalue weighted by Crippen LogP contribution is -2.15. The Hall–Kier alpha value is -2.22. The molecule has 2 rings (SSSR count). The van der Waals surface area contributed by atoms with Gasteiger partial charge in [0.1, 0.15) is 0 Å². The first-order chi connectivity index (χ1) is 8.65. The summed E-state index contributed by atoms with van der Waals surface area (Å²) in [6.45, 7) is 3.82. The van der Waals surface area contributed by atoms with Crippen LogP contribution in [0.5, 0.6) is 0 Å². The number of imidazole rings is 2. The first kappa shape index (κ1) is 12.2. The normalized spacial score (nSPS) is 11.3. The van der Waals surface area contributed by atoms with Gasteiger partial charge in [-0.3, -0.25) is 0 Å². The third kappa shape index (κ3) is 2.23. The van der Waals surface area contributed by atoms with E-state index in [1.54, 1.807) is 14.1 Å². The molecule has 2 aromatic heterocycles. The number of hydrazine groups is 1. The maximum Gasteiger partial charge on any atom is 0.195 e. The minimum absolute atomic E-state index is 0.574. The number of H-pyrrole nitrogens is 2. The molecule has 0 bridgehead atoms. The molecule has 0 saturated carbocycles. The van der Waals surface area contributed by atoms with E-state index in [2.05, 4.69) is 41.0 Å². The second kappa shape index (κ2) is 4.96. The van der Waals surface area contributed by atoms with Crippen molar-refractivity contribution < 1.29 is 0 Å². The molecule has 2 aromatic rings. The number of anilines is 1. The number of aryl methyl sites for hydroxylation is 2. The number of azo groups is 1. The summed E-state index contributed by atoms with van der Waals surface area (Å²) < 4.78 is 0. The van der Waals surface area contributed by atoms with Gasteiger partial charge < -0.3 is 15.4 Å². The zero-order chi connectivity index (χ0) is 13.1. The van der Waals surface area contributed by atoms with Gasteiger partial charge in [0.2, 0.25) is 0 Å². The predicted octanol–water partition coefficient (Wildman–Crippen LogP) is 1.68. The van der Waals surface area contributed by atoms with Gasteiger partial charge >= 0.3 is 0 Å². The molecule has 0 saturated heterocycles. The van der Waals surface area contributed by atoms with Crippen molar-refractivity contribution in [2.75, 3.05) is 19.5 Å². The van der Waals surface area contributed by atoms with Crippen molar-refractivity contribution in [3.05, 3.63) is 11.4 Å². The standard InChI is InChI=1S/C10H16N8/c1-5-7(17-11-3)15-9(13-5)10-14-6(2)8(16-10)18-12-4/h11,17H,1-4H3,(H,13,15)(H,14,16). The van der Waals surface area contributed by atoms with Gasteiger partial charge in [0.15, 0.2) is 23.3 Å². The Morgan fingerprint density at radius 2 is 1.72 bits per heavy atom. The van der Waals surface area contributed by atoms with Crippen molar-refractivity contribution in [1.82, 2.24) is 25.4 Å². The average molecular weight is 248 g/mol. The van der Waals surface area contributed by atoms with Crippen LogP contribution in [0.4, 0.5) is 11.6 Å². The Morgan fingerprint density at radius 1 is 1.06 bits per heavy atom. The van der Waals surface area contributed by atoms with Gasteiger partial charge in [-0.05, 0) is 13.8 Å². The lowest BCUT2D eigenvalue weighted by molar-refractivity contribution is 0.965. The number of rotatable bonds is 4. The molecule has 0 aliphatic rings. The van der Waals surface area contributed by atoms with Crippen LogP contribution in [0.15, 0.2) is 10.2 Å². The third-order valence-corrected chi connectivity index (χ3v) is 2.41. The highest BCUT2D eigenvalue weighted by molar-refractivity contribution is 5.55. The van der Waals surface area contributed by atoms with Crippen molar-refractivity contribution in [2.24, 2.45) is 10.2 Å². The van der Waals surface area contributed by atoms with Gasteiger partial charge in [-0.1, -0.05) is 0 Å². The highest BCUT2D eigenvalue weighted by Crippen LogP contribution is 2.23. The van der Waals surface area contributed by atoms with E-state index in [4.69, 9.17) is 0 Å². The van der Waals surface area contributed by atoms with E-state index in [9.17, 15) is 0 Å². The van der Waals surface area contributed by atoms with Crippen molar-refractivity contribution >= 4 is 11.6 Å². The van der Waals surface area contributed by atoms with E-state index < -0.39 is 0 Å². The van der Waals surface area contributed by atoms with Crippen LogP contribution in [-0.4, -0.2) is 34.0 Å². The van der Waals surface area contributed by atoms with Crippen LogP contribution in [0.2, 0.25) is 0 Å². The zero-order valence-corrected chi connectivity index (χ0v) is 10.8. The number of nitrogens with zero attached hydrogens (tertiary/aromatic N) is 4. The second-order valence-electron chi connectivity index (χ2n) is 3.77. The number of hydrogen-bond donors (Lipinski definition) is 4. The quantitative estimate of drug-likeness (QED) is 0.487. The van der Waals surface area contributed by atoms with Crippen molar-refractivity contribution in [3.63, 3.8) is 0 Å². The summed E-state index contributed by atoms with van der Waals surface area (Å²) in [5.41, 5.74) is 7.54. The van der Waals surface area contributed by atoms with Gasteiger partial charge in [-0.2, -0.15) is 5.11 Å². The maximum absolute atomic E-state index is 4.39. The fourth-order valence-electron chi connectivity index (χ4n) is 1.57. The smallest absolute Gasteiger partial charge is 0.195 e. The highest BCUT2D eigenvalue weighted by atomic mass is 15.4. The second-order valence-corrected chi connectivity index (χ2v) is 3.77. The fraction of sp³-hybridized carbons (Fsp3) is 0.400. The molecule has 96 valence electrons. The van der Waals surface area contributed by atoms with Gasteiger partial charge in [0.05, 0.1) is 11.4 Å². The third-order valence-electron chi connectivity index (χ3n) is 2.41. The molecular formula is C10H16N8. The van der Waals surface area contributed by atoms with E-state index in [1.165, 1.54) is 0 Å². The number of aromatic amines is 2. The van der Waals surface area contributed by atoms with Crippen LogP contribution in [0.3, 0.4) is 0 Å². The van der Waals surface area contributed by atoms with E-state index in [-0.39, 0.29) is 0 Å². The Kier molecular flexibility index (Phi) is 3.38. The van der Waals surface area contributed by atoms with E-state index in [0.29, 0.717) is 17.5 Å². The Morgan fingerprint density at radius 3 is 2.39 bits per heavy atom. The van der Waals surface area contributed by atoms with Gasteiger partial charge in [0, 0.05) is 14.1 Å². The Bertz CT molecular complexity index is 564. The molecule has 0 spiro atoms. The van der Waals surface area contributed by atoms with Crippen LogP contribution in [0, 0.1) is 13.8 Å². The minimum Gasteiger partial charge on any atom is -0.338 e. The van der Waals surface area contributed by atoms with Gasteiger partial charge in [-0.15, -0.1) is 5.11 Å². The number of nitrogens with one attached hydrogen (secondary N) is 4. The molecule has 0 aliphatic carbocycles. The van der Waals surface area contributed by atoms with Crippen LogP contribution < -0.4 is 10.9 Å². The lowest BCUT2D eigenvalue weighted by atomic mass is 10.5. The van der Waals surface area contributed by atoms with Crippen LogP contribution in [-0.2, 0) is 0 Å². The van der Waals surface area contributed by atoms with Crippen molar-refractivity contribution in [3.8, 4) is 11.6 Å². The predicted molar refractivity (Wildman–Crippen MR) is 68.8 cm³/mol. The van der Waals surface area contributed by atoms with Crippen LogP contribution in [0.1, 0.15) is 11.4 Å². The number of aromatic nitrogens is 4. The Balaban J connectivity index is 2.36. The molecule has 18 heavy (non-hydrogen) atoms. The summed E-state index contributed by atoms with van der Waals surface area (Å²) in [7, 11) is 3.39. The topological polar surface area (TPSA) is 106 Å². The van der Waals surface area contributed by atoms with Crippen LogP contribution in [0.25, 0.3) is 11.6 Å². The average Bonchev–Trinajstić information content (AvgIpc) is 2.86. The number of hydrogen-bond acceptors (Lipinski definition) is 6. The summed E-state index contributed by atoms with van der Waals surface area (Å²) in [5, 5.41) is 7.65. The highest BCUT2D eigenvalue weighted by Gasteiger charge is 2.13. The minimum atomic E-state index is 0.574. The molecular weight excluding hydrogens is 232 g/mol. The zero-order valence-electron chi connectivity index (χ0n) is 10.8. The molecule has 0 atom stereocenters. The molecule has 0 aromatic carbocycles. The van der Waals surface area contributed by atoms with E-state index in [1.807, 2.05) is 13.8 Å². The van der Waals surface area contributed by atoms with Gasteiger partial charge in [-0.25, -0.2) is 15.4 Å². The summed E-state index contributed by atoms with van der Waals surface area (Å²) in [5.74, 6) is 2.61. The summed E-state index contributed by atoms with van der Waals surface area (Å²) in [6, 6.07) is 0. The summed E-state index contributed by atoms with van der Waals surface area (Å²) >= 11 is 0. The lowest BCUT2D eigenvalue weighted by Gasteiger charge is -1.98.